The molecule has 0 amide bonds. The normalized spacial score (nSPS) is 17.6. The van der Waals surface area contributed by atoms with Crippen LogP contribution in [0.1, 0.15) is 12.0 Å². The van der Waals surface area contributed by atoms with Gasteiger partial charge in [0.1, 0.15) is 23.8 Å². The van der Waals surface area contributed by atoms with Crippen molar-refractivity contribution in [2.75, 3.05) is 42.3 Å². The Bertz CT molecular complexity index is 642. The summed E-state index contributed by atoms with van der Waals surface area (Å²) >= 11 is 0. The lowest BCUT2D eigenvalue weighted by Crippen LogP contribution is -2.27. The third-order valence-corrected chi connectivity index (χ3v) is 3.93. The van der Waals surface area contributed by atoms with Crippen LogP contribution in [0.3, 0.4) is 0 Å². The summed E-state index contributed by atoms with van der Waals surface area (Å²) in [6.07, 6.45) is 4.54. The fraction of sp³-hybridized carbons (Fsp3) is 0.438. The lowest BCUT2D eigenvalue weighted by atomic mass is 10.2. The highest BCUT2D eigenvalue weighted by atomic mass is 15.2. The van der Waals surface area contributed by atoms with Crippen LogP contribution >= 0.6 is 0 Å². The van der Waals surface area contributed by atoms with Crippen molar-refractivity contribution >= 4 is 17.5 Å². The molecule has 0 aliphatic carbocycles. The van der Waals surface area contributed by atoms with Gasteiger partial charge in [-0.1, -0.05) is 6.07 Å². The number of anilines is 3. The Morgan fingerprint density at radius 2 is 2.14 bits per heavy atom. The Kier molecular flexibility index (Phi) is 4.09. The van der Waals surface area contributed by atoms with Crippen LogP contribution in [0.25, 0.3) is 0 Å². The molecule has 6 heteroatoms. The van der Waals surface area contributed by atoms with Gasteiger partial charge in [-0.25, -0.2) is 15.0 Å². The van der Waals surface area contributed by atoms with Crippen LogP contribution in [0.2, 0.25) is 0 Å². The first kappa shape index (κ1) is 14.6. The predicted octanol–water partition coefficient (Wildman–Crippen LogP) is 1.94. The number of pyridine rings is 1. The Morgan fingerprint density at radius 1 is 1.27 bits per heavy atom. The lowest BCUT2D eigenvalue weighted by molar-refractivity contribution is 0.798. The van der Waals surface area contributed by atoms with Crippen molar-refractivity contribution in [3.63, 3.8) is 0 Å². The number of hydrogen-bond donors (Lipinski definition) is 1. The fourth-order valence-corrected chi connectivity index (χ4v) is 2.76. The first-order chi connectivity index (χ1) is 10.6. The summed E-state index contributed by atoms with van der Waals surface area (Å²) in [5.74, 6) is 2.87. The Balaban J connectivity index is 1.66. The minimum Gasteiger partial charge on any atom is -0.365 e. The summed E-state index contributed by atoms with van der Waals surface area (Å²) in [7, 11) is 3.96. The van der Waals surface area contributed by atoms with Crippen LogP contribution in [0, 0.1) is 6.92 Å². The molecule has 0 bridgehead atoms. The average Bonchev–Trinajstić information content (AvgIpc) is 2.96. The molecule has 0 radical (unpaired) electrons. The van der Waals surface area contributed by atoms with E-state index in [9.17, 15) is 0 Å². The second kappa shape index (κ2) is 6.17. The molecule has 2 aromatic rings. The molecule has 1 N–H and O–H groups in total. The maximum atomic E-state index is 4.50. The van der Waals surface area contributed by atoms with Crippen LogP contribution in [-0.2, 0) is 0 Å². The molecule has 2 aromatic heterocycles. The molecule has 0 aromatic carbocycles. The number of hydrogen-bond acceptors (Lipinski definition) is 6. The van der Waals surface area contributed by atoms with Crippen LogP contribution in [0.5, 0.6) is 0 Å². The Labute approximate surface area is 131 Å². The molecule has 3 heterocycles. The number of aryl methyl sites for hydroxylation is 1. The summed E-state index contributed by atoms with van der Waals surface area (Å²) in [5, 5.41) is 3.51. The van der Waals surface area contributed by atoms with Gasteiger partial charge in [-0.05, 0) is 25.0 Å². The summed E-state index contributed by atoms with van der Waals surface area (Å²) in [6.45, 7) is 4.07. The molecule has 22 heavy (non-hydrogen) atoms. The summed E-state index contributed by atoms with van der Waals surface area (Å²) in [4.78, 5) is 17.4. The van der Waals surface area contributed by atoms with E-state index in [0.29, 0.717) is 6.04 Å². The zero-order valence-electron chi connectivity index (χ0n) is 13.3. The van der Waals surface area contributed by atoms with E-state index in [2.05, 4.69) is 38.2 Å². The van der Waals surface area contributed by atoms with E-state index in [0.717, 1.165) is 37.0 Å². The van der Waals surface area contributed by atoms with E-state index in [1.807, 2.05) is 37.3 Å². The van der Waals surface area contributed by atoms with Gasteiger partial charge < -0.3 is 15.1 Å². The quantitative estimate of drug-likeness (QED) is 0.931. The van der Waals surface area contributed by atoms with Gasteiger partial charge in [0.25, 0.3) is 0 Å². The van der Waals surface area contributed by atoms with Crippen molar-refractivity contribution in [1.29, 1.82) is 0 Å². The van der Waals surface area contributed by atoms with E-state index in [1.54, 1.807) is 6.33 Å². The van der Waals surface area contributed by atoms with Gasteiger partial charge >= 0.3 is 0 Å². The summed E-state index contributed by atoms with van der Waals surface area (Å²) in [6, 6.07) is 6.45. The first-order valence-corrected chi connectivity index (χ1v) is 7.56. The topological polar surface area (TPSA) is 57.2 Å². The van der Waals surface area contributed by atoms with E-state index in [4.69, 9.17) is 0 Å². The minimum atomic E-state index is 0.381. The van der Waals surface area contributed by atoms with Crippen molar-refractivity contribution in [2.24, 2.45) is 0 Å². The minimum absolute atomic E-state index is 0.381. The molecule has 0 spiro atoms. The molecule has 0 saturated carbocycles. The molecule has 1 saturated heterocycles. The second-order valence-electron chi connectivity index (χ2n) is 5.88. The molecule has 1 aliphatic heterocycles. The SMILES string of the molecule is Cc1cccnc1N1CCC(Nc2cc(N(C)C)ncn2)C1. The standard InChI is InChI=1S/C16H22N6/c1-12-5-4-7-17-16(12)22-8-6-13(10-22)20-14-9-15(21(2)3)19-11-18-14/h4-5,7,9,11,13H,6,8,10H2,1-3H3,(H,18,19,20). The van der Waals surface area contributed by atoms with Gasteiger partial charge in [-0.15, -0.1) is 0 Å². The number of rotatable bonds is 4. The Hall–Kier alpha value is -2.37. The van der Waals surface area contributed by atoms with Crippen molar-refractivity contribution in [3.8, 4) is 0 Å². The molecule has 1 aliphatic rings. The van der Waals surface area contributed by atoms with E-state index >= 15 is 0 Å². The van der Waals surface area contributed by atoms with Gasteiger partial charge in [-0.3, -0.25) is 0 Å². The Morgan fingerprint density at radius 3 is 2.91 bits per heavy atom. The smallest absolute Gasteiger partial charge is 0.133 e. The molecule has 116 valence electrons. The zero-order valence-corrected chi connectivity index (χ0v) is 13.3. The summed E-state index contributed by atoms with van der Waals surface area (Å²) in [5.41, 5.74) is 1.22. The third-order valence-electron chi connectivity index (χ3n) is 3.93. The van der Waals surface area contributed by atoms with E-state index < -0.39 is 0 Å². The molecule has 1 atom stereocenters. The third kappa shape index (κ3) is 3.10. The molecule has 1 fully saturated rings. The first-order valence-electron chi connectivity index (χ1n) is 7.56. The molecule has 3 rings (SSSR count). The highest BCUT2D eigenvalue weighted by Gasteiger charge is 2.24. The lowest BCUT2D eigenvalue weighted by Gasteiger charge is -2.20. The van der Waals surface area contributed by atoms with Gasteiger partial charge in [0.15, 0.2) is 0 Å². The fourth-order valence-electron chi connectivity index (χ4n) is 2.76. The zero-order chi connectivity index (χ0) is 15.5. The van der Waals surface area contributed by atoms with Crippen LogP contribution in [0.15, 0.2) is 30.7 Å². The molecule has 6 nitrogen and oxygen atoms in total. The van der Waals surface area contributed by atoms with Crippen molar-refractivity contribution < 1.29 is 0 Å². The van der Waals surface area contributed by atoms with Crippen LogP contribution in [-0.4, -0.2) is 48.2 Å². The van der Waals surface area contributed by atoms with E-state index in [-0.39, 0.29) is 0 Å². The average molecular weight is 298 g/mol. The van der Waals surface area contributed by atoms with Gasteiger partial charge in [0, 0.05) is 45.5 Å². The highest BCUT2D eigenvalue weighted by molar-refractivity contribution is 5.50. The van der Waals surface area contributed by atoms with Crippen molar-refractivity contribution in [1.82, 2.24) is 15.0 Å². The van der Waals surface area contributed by atoms with Gasteiger partial charge in [-0.2, -0.15) is 0 Å². The number of nitrogens with one attached hydrogen (secondary N) is 1. The van der Waals surface area contributed by atoms with Gasteiger partial charge in [0.05, 0.1) is 0 Å². The van der Waals surface area contributed by atoms with Gasteiger partial charge in [0.2, 0.25) is 0 Å². The molecular formula is C16H22N6. The maximum Gasteiger partial charge on any atom is 0.133 e. The molecular weight excluding hydrogens is 276 g/mol. The second-order valence-corrected chi connectivity index (χ2v) is 5.88. The maximum absolute atomic E-state index is 4.50. The summed E-state index contributed by atoms with van der Waals surface area (Å²) < 4.78 is 0. The monoisotopic (exact) mass is 298 g/mol. The van der Waals surface area contributed by atoms with E-state index in [1.165, 1.54) is 5.56 Å². The van der Waals surface area contributed by atoms with Crippen LogP contribution < -0.4 is 15.1 Å². The van der Waals surface area contributed by atoms with Crippen molar-refractivity contribution in [3.05, 3.63) is 36.3 Å². The van der Waals surface area contributed by atoms with Crippen molar-refractivity contribution in [2.45, 2.75) is 19.4 Å². The predicted molar refractivity (Wildman–Crippen MR) is 89.6 cm³/mol. The molecule has 1 unspecified atom stereocenters. The van der Waals surface area contributed by atoms with Crippen LogP contribution in [0.4, 0.5) is 17.5 Å². The largest absolute Gasteiger partial charge is 0.365 e. The highest BCUT2D eigenvalue weighted by Crippen LogP contribution is 2.23. The number of nitrogens with zero attached hydrogens (tertiary/aromatic N) is 5. The number of aromatic nitrogens is 3.